The van der Waals surface area contributed by atoms with Crippen molar-refractivity contribution in [3.8, 4) is 11.5 Å². The predicted molar refractivity (Wildman–Crippen MR) is 221 cm³/mol. The number of hydrogen-bond donors (Lipinski definition) is 4. The molecule has 12 heteroatoms. The van der Waals surface area contributed by atoms with Gasteiger partial charge in [-0.15, -0.1) is 0 Å². The van der Waals surface area contributed by atoms with Gasteiger partial charge in [0.15, 0.2) is 11.6 Å². The van der Waals surface area contributed by atoms with Crippen molar-refractivity contribution in [3.63, 3.8) is 0 Å². The third kappa shape index (κ3) is 11.8. The van der Waals surface area contributed by atoms with Crippen LogP contribution in [0.1, 0.15) is 129 Å². The fourth-order valence-corrected chi connectivity index (χ4v) is 6.85. The largest absolute Gasteiger partial charge is 0.491 e. The number of Topliss-reactive ketones (excluding diaryl/α,β-unsaturated/α-hetero) is 2. The van der Waals surface area contributed by atoms with Crippen molar-refractivity contribution in [3.05, 3.63) is 118 Å². The van der Waals surface area contributed by atoms with Gasteiger partial charge in [0.1, 0.15) is 36.1 Å². The molecule has 2 amide bonds. The van der Waals surface area contributed by atoms with Gasteiger partial charge in [0.25, 0.3) is 11.8 Å². The van der Waals surface area contributed by atoms with Crippen LogP contribution in [0.15, 0.2) is 72.8 Å². The molecule has 308 valence electrons. The van der Waals surface area contributed by atoms with Crippen LogP contribution in [0.4, 0.5) is 0 Å². The molecule has 2 aromatic heterocycles. The number of carbonyl (C=O) groups excluding carboxylic acids is 4. The summed E-state index contributed by atoms with van der Waals surface area (Å²) in [7, 11) is 3.10. The van der Waals surface area contributed by atoms with Crippen LogP contribution < -0.4 is 20.1 Å². The number of benzene rings is 2. The molecule has 4 aromatic rings. The van der Waals surface area contributed by atoms with Crippen LogP contribution in [-0.4, -0.2) is 84.1 Å². The fourth-order valence-electron chi connectivity index (χ4n) is 6.85. The predicted octanol–water partition coefficient (Wildman–Crippen LogP) is 6.39. The lowest BCUT2D eigenvalue weighted by atomic mass is 9.94. The molecule has 0 spiro atoms. The minimum absolute atomic E-state index is 0.0550. The Kier molecular flexibility index (Phi) is 15.3. The number of nitrogens with one attached hydrogen (secondary N) is 2. The first-order valence-corrected chi connectivity index (χ1v) is 20.1. The van der Waals surface area contributed by atoms with E-state index in [-0.39, 0.29) is 73.0 Å². The molecule has 0 unspecified atom stereocenters. The van der Waals surface area contributed by atoms with Gasteiger partial charge in [-0.3, -0.25) is 19.2 Å². The van der Waals surface area contributed by atoms with Gasteiger partial charge in [0.05, 0.1) is 13.2 Å². The molecule has 2 aliphatic carbocycles. The summed E-state index contributed by atoms with van der Waals surface area (Å²) in [6.07, 6.45) is 3.19. The number of ether oxygens (including phenoxy) is 2. The Morgan fingerprint density at radius 2 is 1.03 bits per heavy atom. The molecule has 2 aromatic carbocycles. The normalized spacial score (nSPS) is 18.8. The minimum atomic E-state index is -0.312. The Morgan fingerprint density at radius 1 is 0.655 bits per heavy atom. The maximum atomic E-state index is 12.8. The summed E-state index contributed by atoms with van der Waals surface area (Å²) in [4.78, 5) is 59.1. The lowest BCUT2D eigenvalue weighted by Gasteiger charge is -2.15. The molecule has 2 saturated carbocycles. The quantitative estimate of drug-likeness (QED) is 0.0827. The Hall–Kier alpha value is -5.46. The van der Waals surface area contributed by atoms with Crippen molar-refractivity contribution in [1.29, 1.82) is 0 Å². The standard InChI is InChI=1S/2C23H28N2O4/c2*1-14-9-17(14)13-22(27)18-11-20(25-21(12-18)23(28)24-3)15(2)16-5-4-6-19(10-16)29-8-7-26/h2*4-6,10-12,14-15,17,26H,7-9,13H2,1-3H3,(H,24,28)/t14-,15+,17+;14-,15-,17+/m00/s1. The molecular weight excluding hydrogens is 737 g/mol. The van der Waals surface area contributed by atoms with E-state index in [4.69, 9.17) is 19.7 Å². The molecular formula is C46H56N4O8. The Morgan fingerprint density at radius 3 is 1.36 bits per heavy atom. The summed E-state index contributed by atoms with van der Waals surface area (Å²) >= 11 is 0. The van der Waals surface area contributed by atoms with Crippen molar-refractivity contribution >= 4 is 23.4 Å². The van der Waals surface area contributed by atoms with Gasteiger partial charge in [-0.05, 0) is 96.2 Å². The number of carbonyl (C=O) groups is 4. The second kappa shape index (κ2) is 20.3. The average Bonchev–Trinajstić information content (AvgIpc) is 4.16. The minimum Gasteiger partial charge on any atom is -0.491 e. The van der Waals surface area contributed by atoms with Gasteiger partial charge in [0.2, 0.25) is 0 Å². The number of aliphatic hydroxyl groups excluding tert-OH is 2. The lowest BCUT2D eigenvalue weighted by molar-refractivity contribution is 0.0946. The van der Waals surface area contributed by atoms with E-state index in [1.807, 2.05) is 62.4 Å². The van der Waals surface area contributed by atoms with Gasteiger partial charge < -0.3 is 30.3 Å². The second-order valence-electron chi connectivity index (χ2n) is 15.4. The van der Waals surface area contributed by atoms with Gasteiger partial charge in [-0.2, -0.15) is 0 Å². The molecule has 0 aliphatic heterocycles. The fraction of sp³-hybridized carbons (Fsp3) is 0.435. The topological polar surface area (TPSA) is 177 Å². The second-order valence-corrected chi connectivity index (χ2v) is 15.4. The Labute approximate surface area is 340 Å². The lowest BCUT2D eigenvalue weighted by Crippen LogP contribution is -2.21. The first kappa shape index (κ1) is 43.7. The van der Waals surface area contributed by atoms with Gasteiger partial charge >= 0.3 is 0 Å². The van der Waals surface area contributed by atoms with Crippen LogP contribution >= 0.6 is 0 Å². The molecule has 2 aliphatic rings. The van der Waals surface area contributed by atoms with Crippen molar-refractivity contribution in [2.45, 2.75) is 65.2 Å². The molecule has 0 saturated heterocycles. The highest BCUT2D eigenvalue weighted by Crippen LogP contribution is 2.42. The highest BCUT2D eigenvalue weighted by Gasteiger charge is 2.35. The van der Waals surface area contributed by atoms with Crippen LogP contribution in [-0.2, 0) is 0 Å². The van der Waals surface area contributed by atoms with Crippen LogP contribution in [0, 0.1) is 23.7 Å². The molecule has 6 rings (SSSR count). The zero-order chi connectivity index (χ0) is 41.9. The van der Waals surface area contributed by atoms with Gasteiger partial charge in [-0.1, -0.05) is 52.0 Å². The van der Waals surface area contributed by atoms with E-state index in [0.717, 1.165) is 24.0 Å². The molecule has 6 atom stereocenters. The highest BCUT2D eigenvalue weighted by molar-refractivity contribution is 6.01. The molecule has 4 N–H and O–H groups in total. The summed E-state index contributed by atoms with van der Waals surface area (Å²) in [5.41, 5.74) is 4.80. The first-order chi connectivity index (χ1) is 27.8. The summed E-state index contributed by atoms with van der Waals surface area (Å²) in [5, 5.41) is 23.1. The van der Waals surface area contributed by atoms with E-state index < -0.39 is 0 Å². The van der Waals surface area contributed by atoms with Crippen LogP contribution in [0.5, 0.6) is 11.5 Å². The van der Waals surface area contributed by atoms with E-state index in [2.05, 4.69) is 34.4 Å². The Bertz CT molecular complexity index is 1940. The summed E-state index contributed by atoms with van der Waals surface area (Å²) in [5.74, 6) is 2.61. The van der Waals surface area contributed by atoms with Crippen molar-refractivity contribution in [2.24, 2.45) is 23.7 Å². The summed E-state index contributed by atoms with van der Waals surface area (Å²) < 4.78 is 11.0. The maximum Gasteiger partial charge on any atom is 0.269 e. The van der Waals surface area contributed by atoms with E-state index in [1.54, 1.807) is 38.4 Å². The summed E-state index contributed by atoms with van der Waals surface area (Å²) in [6.45, 7) is 8.61. The number of aromatic nitrogens is 2. The van der Waals surface area contributed by atoms with E-state index in [0.29, 0.717) is 70.5 Å². The van der Waals surface area contributed by atoms with Crippen molar-refractivity contribution < 1.29 is 38.9 Å². The summed E-state index contributed by atoms with van der Waals surface area (Å²) in [6, 6.07) is 21.9. The molecule has 0 bridgehead atoms. The maximum absolute atomic E-state index is 12.8. The van der Waals surface area contributed by atoms with E-state index in [1.165, 1.54) is 0 Å². The number of nitrogens with zero attached hydrogens (tertiary/aromatic N) is 2. The van der Waals surface area contributed by atoms with Crippen LogP contribution in [0.2, 0.25) is 0 Å². The molecule has 0 radical (unpaired) electrons. The molecule has 12 nitrogen and oxygen atoms in total. The van der Waals surface area contributed by atoms with Crippen LogP contribution in [0.3, 0.4) is 0 Å². The number of rotatable bonds is 18. The molecule has 58 heavy (non-hydrogen) atoms. The van der Waals surface area contributed by atoms with Crippen molar-refractivity contribution in [2.75, 3.05) is 40.5 Å². The average molecular weight is 793 g/mol. The van der Waals surface area contributed by atoms with Crippen LogP contribution in [0.25, 0.3) is 0 Å². The van der Waals surface area contributed by atoms with Crippen molar-refractivity contribution in [1.82, 2.24) is 20.6 Å². The van der Waals surface area contributed by atoms with E-state index in [9.17, 15) is 19.2 Å². The smallest absolute Gasteiger partial charge is 0.269 e. The Balaban J connectivity index is 0.000000221. The third-order valence-corrected chi connectivity index (χ3v) is 11.0. The zero-order valence-corrected chi connectivity index (χ0v) is 34.3. The number of hydrogen-bond acceptors (Lipinski definition) is 10. The molecule has 2 heterocycles. The molecule has 2 fully saturated rings. The zero-order valence-electron chi connectivity index (χ0n) is 34.3. The number of pyridine rings is 2. The highest BCUT2D eigenvalue weighted by atomic mass is 16.5. The van der Waals surface area contributed by atoms with Gasteiger partial charge in [0, 0.05) is 61.3 Å². The SMILES string of the molecule is CNC(=O)c1cc(C(=O)C[C@H]2C[C@@H]2C)cc([C@@H](C)c2cccc(OCCO)c2)n1.CNC(=O)c1cc(C(=O)C[C@H]2C[C@@H]2C)cc([C@H](C)c2cccc(OCCO)c2)n1. The number of aliphatic hydroxyl groups is 2. The number of amides is 2. The third-order valence-electron chi connectivity index (χ3n) is 11.0. The van der Waals surface area contributed by atoms with E-state index >= 15 is 0 Å². The monoisotopic (exact) mass is 792 g/mol. The first-order valence-electron chi connectivity index (χ1n) is 20.1. The number of ketones is 2. The van der Waals surface area contributed by atoms with Gasteiger partial charge in [-0.25, -0.2) is 9.97 Å².